The fraction of sp³-hybridized carbons (Fsp3) is 0.667. The molecule has 17 heavy (non-hydrogen) atoms. The van der Waals surface area contributed by atoms with Gasteiger partial charge in [-0.1, -0.05) is 13.8 Å². The van der Waals surface area contributed by atoms with E-state index in [-0.39, 0.29) is 6.04 Å². The summed E-state index contributed by atoms with van der Waals surface area (Å²) in [6, 6.07) is -0.127. The van der Waals surface area contributed by atoms with Gasteiger partial charge in [-0.3, -0.25) is 0 Å². The highest BCUT2D eigenvalue weighted by atomic mass is 16.5. The first-order valence-electron chi connectivity index (χ1n) is 5.70. The molecule has 0 radical (unpaired) electrons. The molecule has 1 saturated carbocycles. The molecule has 0 aromatic carbocycles. The minimum absolute atomic E-state index is 0.127. The van der Waals surface area contributed by atoms with Crippen molar-refractivity contribution in [1.82, 2.24) is 9.97 Å². The summed E-state index contributed by atoms with van der Waals surface area (Å²) in [5.41, 5.74) is 7.23. The SMILES string of the molecule is COc1cnc(C(N)C2CC2(C)C)c(OC)n1. The van der Waals surface area contributed by atoms with Crippen LogP contribution in [0.25, 0.3) is 0 Å². The Balaban J connectivity index is 2.26. The van der Waals surface area contributed by atoms with Gasteiger partial charge in [0.05, 0.1) is 26.5 Å². The number of aromatic nitrogens is 2. The summed E-state index contributed by atoms with van der Waals surface area (Å²) >= 11 is 0. The molecule has 1 heterocycles. The van der Waals surface area contributed by atoms with Crippen molar-refractivity contribution >= 4 is 0 Å². The summed E-state index contributed by atoms with van der Waals surface area (Å²) in [5.74, 6) is 1.34. The van der Waals surface area contributed by atoms with Crippen molar-refractivity contribution in [3.8, 4) is 11.8 Å². The number of hydrogen-bond donors (Lipinski definition) is 1. The number of hydrogen-bond acceptors (Lipinski definition) is 5. The smallest absolute Gasteiger partial charge is 0.240 e. The van der Waals surface area contributed by atoms with Crippen molar-refractivity contribution in [1.29, 1.82) is 0 Å². The van der Waals surface area contributed by atoms with Crippen LogP contribution in [0.15, 0.2) is 6.20 Å². The Morgan fingerprint density at radius 1 is 1.41 bits per heavy atom. The Bertz CT molecular complexity index is 420. The molecular weight excluding hydrogens is 218 g/mol. The molecule has 5 heteroatoms. The molecule has 0 amide bonds. The molecule has 2 atom stereocenters. The third-order valence-corrected chi connectivity index (χ3v) is 3.49. The van der Waals surface area contributed by atoms with Gasteiger partial charge in [-0.25, -0.2) is 4.98 Å². The summed E-state index contributed by atoms with van der Waals surface area (Å²) in [7, 11) is 3.12. The van der Waals surface area contributed by atoms with Gasteiger partial charge < -0.3 is 15.2 Å². The zero-order valence-corrected chi connectivity index (χ0v) is 10.7. The lowest BCUT2D eigenvalue weighted by Gasteiger charge is -2.15. The highest BCUT2D eigenvalue weighted by Crippen LogP contribution is 2.57. The molecule has 2 unspecified atom stereocenters. The molecule has 1 aromatic rings. The second-order valence-corrected chi connectivity index (χ2v) is 5.13. The van der Waals surface area contributed by atoms with Crippen molar-refractivity contribution < 1.29 is 9.47 Å². The van der Waals surface area contributed by atoms with Gasteiger partial charge in [0.15, 0.2) is 0 Å². The lowest BCUT2D eigenvalue weighted by Crippen LogP contribution is -2.18. The first kappa shape index (κ1) is 12.1. The minimum atomic E-state index is -0.127. The van der Waals surface area contributed by atoms with Crippen LogP contribution < -0.4 is 15.2 Å². The first-order chi connectivity index (χ1) is 7.99. The van der Waals surface area contributed by atoms with Gasteiger partial charge in [0.1, 0.15) is 5.69 Å². The van der Waals surface area contributed by atoms with E-state index in [1.807, 2.05) is 0 Å². The number of rotatable bonds is 4. The lowest BCUT2D eigenvalue weighted by molar-refractivity contribution is 0.348. The van der Waals surface area contributed by atoms with Gasteiger partial charge in [0.25, 0.3) is 0 Å². The van der Waals surface area contributed by atoms with Crippen molar-refractivity contribution in [2.45, 2.75) is 26.3 Å². The monoisotopic (exact) mass is 237 g/mol. The molecule has 94 valence electrons. The van der Waals surface area contributed by atoms with Gasteiger partial charge in [-0.05, 0) is 17.8 Å². The summed E-state index contributed by atoms with van der Waals surface area (Å²) in [5, 5.41) is 0. The molecule has 0 saturated heterocycles. The van der Waals surface area contributed by atoms with Crippen molar-refractivity contribution in [3.05, 3.63) is 11.9 Å². The van der Waals surface area contributed by atoms with Crippen LogP contribution in [-0.2, 0) is 0 Å². The van der Waals surface area contributed by atoms with Crippen LogP contribution in [0.4, 0.5) is 0 Å². The van der Waals surface area contributed by atoms with Gasteiger partial charge in [0, 0.05) is 0 Å². The largest absolute Gasteiger partial charge is 0.480 e. The van der Waals surface area contributed by atoms with E-state index in [1.165, 1.54) is 0 Å². The van der Waals surface area contributed by atoms with Crippen LogP contribution in [0.5, 0.6) is 11.8 Å². The molecule has 1 aliphatic carbocycles. The second kappa shape index (κ2) is 4.14. The molecule has 2 rings (SSSR count). The first-order valence-corrected chi connectivity index (χ1v) is 5.70. The molecule has 1 aromatic heterocycles. The van der Waals surface area contributed by atoms with Crippen molar-refractivity contribution in [2.75, 3.05) is 14.2 Å². The topological polar surface area (TPSA) is 70.3 Å². The number of ether oxygens (including phenoxy) is 2. The van der Waals surface area contributed by atoms with E-state index in [0.29, 0.717) is 28.8 Å². The summed E-state index contributed by atoms with van der Waals surface area (Å²) < 4.78 is 10.2. The van der Waals surface area contributed by atoms with E-state index in [1.54, 1.807) is 20.4 Å². The Morgan fingerprint density at radius 3 is 2.53 bits per heavy atom. The molecule has 5 nitrogen and oxygen atoms in total. The van der Waals surface area contributed by atoms with E-state index >= 15 is 0 Å². The van der Waals surface area contributed by atoms with E-state index in [0.717, 1.165) is 6.42 Å². The number of nitrogens with two attached hydrogens (primary N) is 1. The fourth-order valence-corrected chi connectivity index (χ4v) is 2.15. The van der Waals surface area contributed by atoms with E-state index in [9.17, 15) is 0 Å². The predicted molar refractivity (Wildman–Crippen MR) is 64.0 cm³/mol. The molecule has 0 bridgehead atoms. The van der Waals surface area contributed by atoms with Crippen molar-refractivity contribution in [3.63, 3.8) is 0 Å². The van der Waals surface area contributed by atoms with Crippen LogP contribution >= 0.6 is 0 Å². The molecule has 0 aliphatic heterocycles. The Morgan fingerprint density at radius 2 is 2.06 bits per heavy atom. The summed E-state index contributed by atoms with van der Waals surface area (Å²) in [6.45, 7) is 4.42. The fourth-order valence-electron chi connectivity index (χ4n) is 2.15. The summed E-state index contributed by atoms with van der Waals surface area (Å²) in [6.07, 6.45) is 2.69. The number of methoxy groups -OCH3 is 2. The average Bonchev–Trinajstić information content (AvgIpc) is 2.96. The molecule has 2 N–H and O–H groups in total. The zero-order chi connectivity index (χ0) is 12.6. The quantitative estimate of drug-likeness (QED) is 0.860. The van der Waals surface area contributed by atoms with Crippen molar-refractivity contribution in [2.24, 2.45) is 17.1 Å². The minimum Gasteiger partial charge on any atom is -0.480 e. The van der Waals surface area contributed by atoms with E-state index in [2.05, 4.69) is 23.8 Å². The van der Waals surface area contributed by atoms with Crippen LogP contribution in [0.1, 0.15) is 32.0 Å². The van der Waals surface area contributed by atoms with Gasteiger partial charge >= 0.3 is 0 Å². The zero-order valence-electron chi connectivity index (χ0n) is 10.7. The summed E-state index contributed by atoms with van der Waals surface area (Å²) in [4.78, 5) is 8.51. The third-order valence-electron chi connectivity index (χ3n) is 3.49. The Hall–Kier alpha value is -1.36. The molecule has 1 fully saturated rings. The molecular formula is C12H19N3O2. The second-order valence-electron chi connectivity index (χ2n) is 5.13. The standard InChI is InChI=1S/C12H19N3O2/c1-12(2)5-7(12)9(13)10-11(17-4)15-8(16-3)6-14-10/h6-7,9H,5,13H2,1-4H3. The van der Waals surface area contributed by atoms with E-state index in [4.69, 9.17) is 15.2 Å². The average molecular weight is 237 g/mol. The van der Waals surface area contributed by atoms with Gasteiger partial charge in [0.2, 0.25) is 11.8 Å². The van der Waals surface area contributed by atoms with Crippen LogP contribution in [-0.4, -0.2) is 24.2 Å². The molecule has 1 aliphatic rings. The van der Waals surface area contributed by atoms with E-state index < -0.39 is 0 Å². The highest BCUT2D eigenvalue weighted by molar-refractivity contribution is 5.27. The van der Waals surface area contributed by atoms with Gasteiger partial charge in [-0.2, -0.15) is 4.98 Å². The van der Waals surface area contributed by atoms with Crippen LogP contribution in [0, 0.1) is 11.3 Å². The number of nitrogens with zero attached hydrogens (tertiary/aromatic N) is 2. The normalized spacial score (nSPS) is 23.0. The maximum atomic E-state index is 6.22. The van der Waals surface area contributed by atoms with Gasteiger partial charge in [-0.15, -0.1) is 0 Å². The van der Waals surface area contributed by atoms with Crippen LogP contribution in [0.2, 0.25) is 0 Å². The highest BCUT2D eigenvalue weighted by Gasteiger charge is 2.50. The maximum Gasteiger partial charge on any atom is 0.240 e. The van der Waals surface area contributed by atoms with Crippen LogP contribution in [0.3, 0.4) is 0 Å². The Kier molecular flexibility index (Phi) is 2.95. The lowest BCUT2D eigenvalue weighted by atomic mass is 10.0. The third kappa shape index (κ3) is 2.20. The Labute approximate surface area is 101 Å². The predicted octanol–water partition coefficient (Wildman–Crippen LogP) is 1.54. The maximum absolute atomic E-state index is 6.22. The molecule has 0 spiro atoms.